The number of hydrogen-bond acceptors (Lipinski definition) is 1. The molecule has 0 N–H and O–H groups in total. The van der Waals surface area contributed by atoms with Gasteiger partial charge >= 0.3 is 0 Å². The van der Waals surface area contributed by atoms with Crippen molar-refractivity contribution in [3.63, 3.8) is 0 Å². The van der Waals surface area contributed by atoms with Crippen LogP contribution >= 0.6 is 0 Å². The fourth-order valence-electron chi connectivity index (χ4n) is 2.18. The molecule has 2 aromatic rings. The van der Waals surface area contributed by atoms with Crippen LogP contribution in [-0.4, -0.2) is 21.2 Å². The summed E-state index contributed by atoms with van der Waals surface area (Å²) < 4.78 is 6.22. The van der Waals surface area contributed by atoms with Gasteiger partial charge in [-0.05, 0) is 24.3 Å². The van der Waals surface area contributed by atoms with Gasteiger partial charge in [0, 0.05) is 5.56 Å². The molecule has 0 fully saturated rings. The van der Waals surface area contributed by atoms with E-state index in [2.05, 4.69) is 50.5 Å². The standard InChI is InChI=1S/C16H20NO.ClH/c1-17(2,15-10-5-4-6-11-15)13-14-9-7-8-12-16(14)18-3;/h4-12H,13H2,1-3H3;1H/q+1;/p-1. The summed E-state index contributed by atoms with van der Waals surface area (Å²) in [5.41, 5.74) is 2.53. The van der Waals surface area contributed by atoms with Crippen molar-refractivity contribution < 1.29 is 17.1 Å². The van der Waals surface area contributed by atoms with Crippen molar-refractivity contribution in [2.24, 2.45) is 0 Å². The minimum Gasteiger partial charge on any atom is -1.00 e. The predicted molar refractivity (Wildman–Crippen MR) is 76.8 cm³/mol. The van der Waals surface area contributed by atoms with Gasteiger partial charge in [0.2, 0.25) is 0 Å². The second kappa shape index (κ2) is 6.60. The van der Waals surface area contributed by atoms with Crippen molar-refractivity contribution >= 4 is 5.69 Å². The maximum absolute atomic E-state index is 5.42. The van der Waals surface area contributed by atoms with Crippen molar-refractivity contribution in [1.82, 2.24) is 4.48 Å². The van der Waals surface area contributed by atoms with E-state index in [1.54, 1.807) is 7.11 Å². The third-order valence-corrected chi connectivity index (χ3v) is 3.21. The van der Waals surface area contributed by atoms with E-state index in [9.17, 15) is 0 Å². The third-order valence-electron chi connectivity index (χ3n) is 3.21. The van der Waals surface area contributed by atoms with Crippen molar-refractivity contribution in [2.75, 3.05) is 21.2 Å². The zero-order valence-corrected chi connectivity index (χ0v) is 12.4. The smallest absolute Gasteiger partial charge is 0.132 e. The van der Waals surface area contributed by atoms with E-state index >= 15 is 0 Å². The Bertz CT molecular complexity index is 511. The lowest BCUT2D eigenvalue weighted by Gasteiger charge is -2.29. The van der Waals surface area contributed by atoms with Gasteiger partial charge in [-0.15, -0.1) is 0 Å². The van der Waals surface area contributed by atoms with Crippen LogP contribution in [0.3, 0.4) is 0 Å². The van der Waals surface area contributed by atoms with E-state index < -0.39 is 0 Å². The molecule has 0 bridgehead atoms. The lowest BCUT2D eigenvalue weighted by atomic mass is 10.1. The first-order chi connectivity index (χ1) is 8.63. The Morgan fingerprint density at radius 2 is 1.47 bits per heavy atom. The summed E-state index contributed by atoms with van der Waals surface area (Å²) in [5.74, 6) is 0.958. The highest BCUT2D eigenvalue weighted by atomic mass is 35.5. The first kappa shape index (κ1) is 15.5. The largest absolute Gasteiger partial charge is 1.00 e. The van der Waals surface area contributed by atoms with Crippen molar-refractivity contribution in [1.29, 1.82) is 0 Å². The minimum absolute atomic E-state index is 0. The zero-order chi connectivity index (χ0) is 13.0. The Kier molecular flexibility index (Phi) is 5.40. The van der Waals surface area contributed by atoms with Gasteiger partial charge in [0.25, 0.3) is 0 Å². The number of halogens is 1. The number of para-hydroxylation sites is 2. The molecule has 0 unspecified atom stereocenters. The van der Waals surface area contributed by atoms with Gasteiger partial charge in [-0.25, -0.2) is 0 Å². The van der Waals surface area contributed by atoms with Gasteiger partial charge in [0.15, 0.2) is 0 Å². The number of quaternary nitrogens is 1. The summed E-state index contributed by atoms with van der Waals surface area (Å²) in [6.07, 6.45) is 0. The molecule has 0 aliphatic rings. The maximum Gasteiger partial charge on any atom is 0.132 e. The molecule has 19 heavy (non-hydrogen) atoms. The van der Waals surface area contributed by atoms with Gasteiger partial charge in [0.05, 0.1) is 21.2 Å². The first-order valence-corrected chi connectivity index (χ1v) is 6.14. The molecule has 0 saturated heterocycles. The number of benzene rings is 2. The number of methoxy groups -OCH3 is 1. The molecule has 2 aromatic carbocycles. The lowest BCUT2D eigenvalue weighted by Crippen LogP contribution is -3.00. The van der Waals surface area contributed by atoms with Gasteiger partial charge in [-0.2, -0.15) is 0 Å². The second-order valence-corrected chi connectivity index (χ2v) is 4.99. The van der Waals surface area contributed by atoms with E-state index in [1.807, 2.05) is 18.2 Å². The van der Waals surface area contributed by atoms with Crippen molar-refractivity contribution in [2.45, 2.75) is 6.54 Å². The molecule has 0 spiro atoms. The number of rotatable bonds is 4. The van der Waals surface area contributed by atoms with Crippen LogP contribution in [0.5, 0.6) is 5.75 Å². The van der Waals surface area contributed by atoms with Crippen molar-refractivity contribution in [3.8, 4) is 5.75 Å². The molecule has 0 amide bonds. The van der Waals surface area contributed by atoms with Crippen LogP contribution in [0.4, 0.5) is 5.69 Å². The lowest BCUT2D eigenvalue weighted by molar-refractivity contribution is -0.00000417. The van der Waals surface area contributed by atoms with E-state index in [4.69, 9.17) is 4.74 Å². The normalized spacial score (nSPS) is 10.7. The zero-order valence-electron chi connectivity index (χ0n) is 11.6. The summed E-state index contributed by atoms with van der Waals surface area (Å²) in [6.45, 7) is 0.911. The Balaban J connectivity index is 0.00000180. The minimum atomic E-state index is 0. The van der Waals surface area contributed by atoms with Crippen LogP contribution in [0.2, 0.25) is 0 Å². The Hall–Kier alpha value is -1.51. The van der Waals surface area contributed by atoms with Gasteiger partial charge in [-0.1, -0.05) is 30.3 Å². The summed E-state index contributed by atoms with van der Waals surface area (Å²) in [4.78, 5) is 0. The monoisotopic (exact) mass is 277 g/mol. The summed E-state index contributed by atoms with van der Waals surface area (Å²) >= 11 is 0. The van der Waals surface area contributed by atoms with Crippen LogP contribution in [0, 0.1) is 0 Å². The van der Waals surface area contributed by atoms with Crippen LogP contribution in [0.15, 0.2) is 54.6 Å². The van der Waals surface area contributed by atoms with Crippen LogP contribution in [-0.2, 0) is 6.54 Å². The molecule has 3 heteroatoms. The Morgan fingerprint density at radius 1 is 0.895 bits per heavy atom. The molecule has 102 valence electrons. The molecule has 0 atom stereocenters. The quantitative estimate of drug-likeness (QED) is 0.738. The summed E-state index contributed by atoms with van der Waals surface area (Å²) in [5, 5.41) is 0. The molecule has 0 aliphatic carbocycles. The SMILES string of the molecule is COc1ccccc1C[N+](C)(C)c1ccccc1.[Cl-]. The molecular formula is C16H20ClNO. The predicted octanol–water partition coefficient (Wildman–Crippen LogP) is 0.466. The van der Waals surface area contributed by atoms with E-state index in [-0.39, 0.29) is 12.4 Å². The highest BCUT2D eigenvalue weighted by molar-refractivity contribution is 5.43. The van der Waals surface area contributed by atoms with Crippen LogP contribution in [0.25, 0.3) is 0 Å². The number of nitrogens with zero attached hydrogens (tertiary/aromatic N) is 1. The average molecular weight is 278 g/mol. The Labute approximate surface area is 121 Å². The molecule has 0 saturated carbocycles. The average Bonchev–Trinajstić information content (AvgIpc) is 2.40. The van der Waals surface area contributed by atoms with E-state index in [0.717, 1.165) is 16.8 Å². The molecular weight excluding hydrogens is 258 g/mol. The first-order valence-electron chi connectivity index (χ1n) is 6.14. The molecule has 2 rings (SSSR count). The molecule has 0 heterocycles. The molecule has 0 aromatic heterocycles. The second-order valence-electron chi connectivity index (χ2n) is 4.99. The Morgan fingerprint density at radius 3 is 2.11 bits per heavy atom. The van der Waals surface area contributed by atoms with Gasteiger partial charge in [0.1, 0.15) is 18.0 Å². The van der Waals surface area contributed by atoms with Crippen molar-refractivity contribution in [3.05, 3.63) is 60.2 Å². The third kappa shape index (κ3) is 3.72. The molecule has 0 aliphatic heterocycles. The van der Waals surface area contributed by atoms with Crippen LogP contribution in [0.1, 0.15) is 5.56 Å². The fraction of sp³-hybridized carbons (Fsp3) is 0.250. The van der Waals surface area contributed by atoms with Gasteiger partial charge in [-0.3, -0.25) is 4.48 Å². The highest BCUT2D eigenvalue weighted by Crippen LogP contribution is 2.25. The van der Waals surface area contributed by atoms with Crippen LogP contribution < -0.4 is 21.6 Å². The maximum atomic E-state index is 5.42. The molecule has 2 nitrogen and oxygen atoms in total. The highest BCUT2D eigenvalue weighted by Gasteiger charge is 2.20. The number of ether oxygens (including phenoxy) is 1. The van der Waals surface area contributed by atoms with E-state index in [0.29, 0.717) is 0 Å². The number of hydrogen-bond donors (Lipinski definition) is 0. The van der Waals surface area contributed by atoms with Gasteiger partial charge < -0.3 is 17.1 Å². The summed E-state index contributed by atoms with van der Waals surface area (Å²) in [7, 11) is 6.14. The fourth-order valence-corrected chi connectivity index (χ4v) is 2.18. The van der Waals surface area contributed by atoms with E-state index in [1.165, 1.54) is 11.3 Å². The molecule has 0 radical (unpaired) electrons. The summed E-state index contributed by atoms with van der Waals surface area (Å²) in [6, 6.07) is 18.7. The topological polar surface area (TPSA) is 9.23 Å².